The molecule has 2 aromatic heterocycles. The van der Waals surface area contributed by atoms with E-state index in [0.29, 0.717) is 18.9 Å². The first-order valence-electron chi connectivity index (χ1n) is 13.8. The van der Waals surface area contributed by atoms with Gasteiger partial charge in [-0.05, 0) is 51.0 Å². The van der Waals surface area contributed by atoms with Crippen molar-refractivity contribution in [1.29, 1.82) is 0 Å². The van der Waals surface area contributed by atoms with Crippen molar-refractivity contribution >= 4 is 16.9 Å². The third-order valence-corrected chi connectivity index (χ3v) is 8.04. The average Bonchev–Trinajstić information content (AvgIpc) is 3.58. The van der Waals surface area contributed by atoms with Crippen LogP contribution in [-0.2, 0) is 11.2 Å². The van der Waals surface area contributed by atoms with Crippen LogP contribution in [0, 0.1) is 5.92 Å². The van der Waals surface area contributed by atoms with E-state index in [1.54, 1.807) is 6.33 Å². The third kappa shape index (κ3) is 5.37. The molecule has 198 valence electrons. The molecular formula is C30H36N6O2. The van der Waals surface area contributed by atoms with Gasteiger partial charge in [-0.3, -0.25) is 14.3 Å². The van der Waals surface area contributed by atoms with E-state index in [1.165, 1.54) is 32.5 Å². The van der Waals surface area contributed by atoms with Gasteiger partial charge in [0.15, 0.2) is 0 Å². The van der Waals surface area contributed by atoms with Gasteiger partial charge in [0.2, 0.25) is 5.91 Å². The lowest BCUT2D eigenvalue weighted by Crippen LogP contribution is -2.50. The molecule has 38 heavy (non-hydrogen) atoms. The summed E-state index contributed by atoms with van der Waals surface area (Å²) in [5.74, 6) is 1.71. The molecule has 0 saturated carbocycles. The van der Waals surface area contributed by atoms with Crippen molar-refractivity contribution in [2.45, 2.75) is 25.7 Å². The van der Waals surface area contributed by atoms with E-state index >= 15 is 0 Å². The second-order valence-corrected chi connectivity index (χ2v) is 10.7. The van der Waals surface area contributed by atoms with Crippen molar-refractivity contribution in [3.63, 3.8) is 0 Å². The number of likely N-dealkylation sites (tertiary alicyclic amines) is 1. The number of nitrogens with zero attached hydrogens (tertiary/aromatic N) is 6. The number of hydrogen-bond acceptors (Lipinski definition) is 6. The minimum absolute atomic E-state index is 0.189. The molecule has 0 spiro atoms. The summed E-state index contributed by atoms with van der Waals surface area (Å²) in [6, 6.07) is 18.4. The van der Waals surface area contributed by atoms with Crippen molar-refractivity contribution < 1.29 is 9.21 Å². The summed E-state index contributed by atoms with van der Waals surface area (Å²) in [5, 5.41) is 0. The van der Waals surface area contributed by atoms with E-state index < -0.39 is 0 Å². The molecule has 8 heteroatoms. The van der Waals surface area contributed by atoms with Crippen LogP contribution < -0.4 is 0 Å². The molecule has 8 nitrogen and oxygen atoms in total. The predicted molar refractivity (Wildman–Crippen MR) is 148 cm³/mol. The van der Waals surface area contributed by atoms with Crippen LogP contribution in [0.1, 0.15) is 25.0 Å². The molecule has 0 unspecified atom stereocenters. The molecule has 4 aromatic rings. The van der Waals surface area contributed by atoms with Crippen molar-refractivity contribution in [3.05, 3.63) is 66.7 Å². The Bertz CT molecular complexity index is 1360. The molecule has 0 aliphatic carbocycles. The summed E-state index contributed by atoms with van der Waals surface area (Å²) in [7, 11) is 2.21. The van der Waals surface area contributed by atoms with E-state index in [2.05, 4.69) is 21.8 Å². The lowest BCUT2D eigenvalue weighted by atomic mass is 9.96. The van der Waals surface area contributed by atoms with E-state index in [-0.39, 0.29) is 5.91 Å². The summed E-state index contributed by atoms with van der Waals surface area (Å²) in [6.07, 6.45) is 5.23. The van der Waals surface area contributed by atoms with Crippen molar-refractivity contribution in [2.75, 3.05) is 52.9 Å². The summed E-state index contributed by atoms with van der Waals surface area (Å²) in [5.41, 5.74) is 3.60. The number of hydrogen-bond donors (Lipinski definition) is 0. The van der Waals surface area contributed by atoms with Gasteiger partial charge in [-0.25, -0.2) is 4.98 Å². The predicted octanol–water partition coefficient (Wildman–Crippen LogP) is 4.10. The molecule has 0 bridgehead atoms. The molecule has 1 amide bonds. The van der Waals surface area contributed by atoms with Crippen molar-refractivity contribution in [1.82, 2.24) is 29.2 Å². The quantitative estimate of drug-likeness (QED) is 0.371. The summed E-state index contributed by atoms with van der Waals surface area (Å²) in [6.45, 7) is 7.11. The first-order chi connectivity index (χ1) is 18.6. The maximum absolute atomic E-state index is 13.2. The molecule has 2 saturated heterocycles. The van der Waals surface area contributed by atoms with E-state index in [4.69, 9.17) is 9.40 Å². The normalized spacial score (nSPS) is 17.9. The first kappa shape index (κ1) is 24.8. The Morgan fingerprint density at radius 1 is 0.947 bits per heavy atom. The lowest BCUT2D eigenvalue weighted by Gasteiger charge is -2.38. The molecule has 4 heterocycles. The topological polar surface area (TPSA) is 70.6 Å². The zero-order chi connectivity index (χ0) is 25.9. The standard InChI is InChI=1S/C30H36N6O2/c1-33-15-13-23(14-16-33)21-34-17-19-35(20-18-34)28(37)12-11-27-29(24-7-3-2-4-8-24)32-30(38-27)36-22-31-25-9-5-6-10-26(25)36/h2-10,22-23H,11-21H2,1H3. The SMILES string of the molecule is CN1CCC(CN2CCN(C(=O)CCc3oc(-n4cnc5ccccc54)nc3-c3ccccc3)CC2)CC1. The van der Waals surface area contributed by atoms with Gasteiger partial charge in [-0.2, -0.15) is 4.98 Å². The van der Waals surface area contributed by atoms with Crippen LogP contribution in [0.5, 0.6) is 0 Å². The molecule has 0 radical (unpaired) electrons. The number of aryl methyl sites for hydroxylation is 1. The van der Waals surface area contributed by atoms with Gasteiger partial charge >= 0.3 is 6.01 Å². The summed E-state index contributed by atoms with van der Waals surface area (Å²) < 4.78 is 8.17. The fourth-order valence-corrected chi connectivity index (χ4v) is 5.71. The van der Waals surface area contributed by atoms with Gasteiger partial charge in [-0.15, -0.1) is 0 Å². The van der Waals surface area contributed by atoms with Crippen LogP contribution in [0.3, 0.4) is 0 Å². The fourth-order valence-electron chi connectivity index (χ4n) is 5.71. The fraction of sp³-hybridized carbons (Fsp3) is 0.433. The number of carbonyl (C=O) groups excluding carboxylic acids is 1. The Kier molecular flexibility index (Phi) is 7.25. The second-order valence-electron chi connectivity index (χ2n) is 10.7. The van der Waals surface area contributed by atoms with Gasteiger partial charge in [-0.1, -0.05) is 42.5 Å². The lowest BCUT2D eigenvalue weighted by molar-refractivity contribution is -0.133. The Hall–Kier alpha value is -3.49. The molecule has 0 N–H and O–H groups in total. The number of amides is 1. The molecular weight excluding hydrogens is 476 g/mol. The molecule has 6 rings (SSSR count). The molecule has 2 aliphatic rings. The van der Waals surface area contributed by atoms with Crippen molar-refractivity contribution in [3.8, 4) is 17.3 Å². The molecule has 2 fully saturated rings. The zero-order valence-corrected chi connectivity index (χ0v) is 22.1. The van der Waals surface area contributed by atoms with Gasteiger partial charge < -0.3 is 14.2 Å². The molecule has 0 atom stereocenters. The second kappa shape index (κ2) is 11.1. The largest absolute Gasteiger partial charge is 0.427 e. The number of fused-ring (bicyclic) bond motifs is 1. The van der Waals surface area contributed by atoms with Gasteiger partial charge in [0.05, 0.1) is 11.0 Å². The van der Waals surface area contributed by atoms with Crippen LogP contribution in [0.2, 0.25) is 0 Å². The van der Waals surface area contributed by atoms with Crippen molar-refractivity contribution in [2.24, 2.45) is 5.92 Å². The number of imidazole rings is 1. The first-order valence-corrected chi connectivity index (χ1v) is 13.8. The minimum Gasteiger partial charge on any atom is -0.427 e. The number of piperazine rings is 1. The van der Waals surface area contributed by atoms with E-state index in [9.17, 15) is 4.79 Å². The summed E-state index contributed by atoms with van der Waals surface area (Å²) >= 11 is 0. The Labute approximate surface area is 223 Å². The molecule has 2 aliphatic heterocycles. The maximum Gasteiger partial charge on any atom is 0.308 e. The van der Waals surface area contributed by atoms with Gasteiger partial charge in [0, 0.05) is 51.1 Å². The number of carbonyl (C=O) groups is 1. The highest BCUT2D eigenvalue weighted by atomic mass is 16.4. The van der Waals surface area contributed by atoms with Crippen LogP contribution in [0.15, 0.2) is 65.3 Å². The number of para-hydroxylation sites is 2. The molecule has 2 aromatic carbocycles. The summed E-state index contributed by atoms with van der Waals surface area (Å²) in [4.78, 5) is 29.5. The van der Waals surface area contributed by atoms with Gasteiger partial charge in [0.25, 0.3) is 0 Å². The Morgan fingerprint density at radius 2 is 1.68 bits per heavy atom. The highest BCUT2D eigenvalue weighted by Crippen LogP contribution is 2.28. The number of piperidine rings is 1. The number of rotatable bonds is 7. The third-order valence-electron chi connectivity index (χ3n) is 8.04. The Morgan fingerprint density at radius 3 is 2.47 bits per heavy atom. The van der Waals surface area contributed by atoms with Crippen LogP contribution >= 0.6 is 0 Å². The Balaban J connectivity index is 1.11. The smallest absolute Gasteiger partial charge is 0.308 e. The average molecular weight is 513 g/mol. The van der Waals surface area contributed by atoms with Crippen LogP contribution in [0.4, 0.5) is 0 Å². The van der Waals surface area contributed by atoms with Crippen LogP contribution in [-0.4, -0.2) is 88.0 Å². The highest BCUT2D eigenvalue weighted by molar-refractivity contribution is 5.78. The highest BCUT2D eigenvalue weighted by Gasteiger charge is 2.26. The zero-order valence-electron chi connectivity index (χ0n) is 22.1. The monoisotopic (exact) mass is 512 g/mol. The maximum atomic E-state index is 13.2. The minimum atomic E-state index is 0.189. The number of oxazole rings is 1. The number of aromatic nitrogens is 3. The number of benzene rings is 2. The van der Waals surface area contributed by atoms with Crippen LogP contribution in [0.25, 0.3) is 28.3 Å². The van der Waals surface area contributed by atoms with Gasteiger partial charge in [0.1, 0.15) is 17.8 Å². The van der Waals surface area contributed by atoms with E-state index in [0.717, 1.165) is 60.1 Å². The van der Waals surface area contributed by atoms with E-state index in [1.807, 2.05) is 64.1 Å².